The first-order valence-electron chi connectivity index (χ1n) is 11.7. The number of rotatable bonds is 10. The topological polar surface area (TPSA) is 114 Å². The second kappa shape index (κ2) is 12.5. The van der Waals surface area contributed by atoms with Crippen LogP contribution in [0.3, 0.4) is 0 Å². The molecule has 1 aliphatic heterocycles. The van der Waals surface area contributed by atoms with Crippen molar-refractivity contribution in [1.82, 2.24) is 10.2 Å². The predicted octanol–water partition coefficient (Wildman–Crippen LogP) is 4.11. The summed E-state index contributed by atoms with van der Waals surface area (Å²) in [6.07, 6.45) is -4.32. The molecule has 37 heavy (non-hydrogen) atoms. The Kier molecular flexibility index (Phi) is 10.2. The SMILES string of the molecule is CCN1C(=O)C(CCNc2ccc(F)c(NC(=O)C(C)(C)C)c2)SC1CC(C#N)C(=O)NCC(F)(F)F. The lowest BCUT2D eigenvalue weighted by atomic mass is 9.95. The second-order valence-electron chi connectivity index (χ2n) is 9.57. The summed E-state index contributed by atoms with van der Waals surface area (Å²) < 4.78 is 51.3. The zero-order valence-corrected chi connectivity index (χ0v) is 21.9. The minimum absolute atomic E-state index is 0.0276. The average molecular weight is 546 g/mol. The Labute approximate surface area is 217 Å². The lowest BCUT2D eigenvalue weighted by Gasteiger charge is -2.23. The van der Waals surface area contributed by atoms with Crippen molar-refractivity contribution in [2.45, 2.75) is 57.3 Å². The molecule has 0 saturated carbocycles. The van der Waals surface area contributed by atoms with E-state index in [4.69, 9.17) is 0 Å². The summed E-state index contributed by atoms with van der Waals surface area (Å²) in [6, 6.07) is 5.91. The molecule has 1 saturated heterocycles. The van der Waals surface area contributed by atoms with Crippen molar-refractivity contribution in [2.75, 3.05) is 30.3 Å². The molecule has 1 fully saturated rings. The van der Waals surface area contributed by atoms with Crippen LogP contribution in [0.25, 0.3) is 0 Å². The van der Waals surface area contributed by atoms with Crippen LogP contribution in [-0.4, -0.2) is 59.1 Å². The minimum atomic E-state index is -4.59. The van der Waals surface area contributed by atoms with E-state index in [1.165, 1.54) is 34.9 Å². The van der Waals surface area contributed by atoms with E-state index in [1.807, 2.05) is 0 Å². The first-order chi connectivity index (χ1) is 17.2. The molecule has 1 aromatic carbocycles. The highest BCUT2D eigenvalue weighted by Gasteiger charge is 2.41. The van der Waals surface area contributed by atoms with Crippen LogP contribution in [0, 0.1) is 28.5 Å². The predicted molar refractivity (Wildman–Crippen MR) is 133 cm³/mol. The Balaban J connectivity index is 1.97. The van der Waals surface area contributed by atoms with Gasteiger partial charge in [-0.2, -0.15) is 18.4 Å². The van der Waals surface area contributed by atoms with Gasteiger partial charge in [0.15, 0.2) is 0 Å². The zero-order valence-electron chi connectivity index (χ0n) is 21.0. The molecule has 3 atom stereocenters. The van der Waals surface area contributed by atoms with Crippen molar-refractivity contribution in [3.63, 3.8) is 0 Å². The molecule has 13 heteroatoms. The average Bonchev–Trinajstić information content (AvgIpc) is 3.10. The van der Waals surface area contributed by atoms with Gasteiger partial charge in [0.1, 0.15) is 18.3 Å². The standard InChI is InChI=1S/C24H31F4N5O3S/c1-5-33-19(10-14(12-29)20(34)31-13-24(26,27)28)37-18(21(33)35)8-9-30-15-6-7-16(25)17(11-15)32-22(36)23(2,3)4/h6-7,11,14,18-19,30H,5,8-10,13H2,1-4H3,(H,31,34)(H,32,36). The summed E-state index contributed by atoms with van der Waals surface area (Å²) in [7, 11) is 0. The van der Waals surface area contributed by atoms with Gasteiger partial charge in [-0.1, -0.05) is 20.8 Å². The quantitative estimate of drug-likeness (QED) is 0.382. The van der Waals surface area contributed by atoms with Crippen LogP contribution in [0.5, 0.6) is 0 Å². The van der Waals surface area contributed by atoms with Crippen LogP contribution in [0.2, 0.25) is 0 Å². The molecule has 0 radical (unpaired) electrons. The zero-order chi connectivity index (χ0) is 28.0. The molecule has 0 bridgehead atoms. The summed E-state index contributed by atoms with van der Waals surface area (Å²) in [5, 5.41) is 15.7. The lowest BCUT2D eigenvalue weighted by molar-refractivity contribution is -0.140. The monoisotopic (exact) mass is 545 g/mol. The van der Waals surface area contributed by atoms with E-state index >= 15 is 0 Å². The maximum atomic E-state index is 14.2. The minimum Gasteiger partial charge on any atom is -0.385 e. The van der Waals surface area contributed by atoms with Crippen molar-refractivity contribution in [3.8, 4) is 6.07 Å². The van der Waals surface area contributed by atoms with Crippen LogP contribution < -0.4 is 16.0 Å². The lowest BCUT2D eigenvalue weighted by Crippen LogP contribution is -2.40. The van der Waals surface area contributed by atoms with Crippen LogP contribution in [-0.2, 0) is 14.4 Å². The maximum absolute atomic E-state index is 14.2. The van der Waals surface area contributed by atoms with E-state index in [2.05, 4.69) is 10.6 Å². The maximum Gasteiger partial charge on any atom is 0.405 e. The number of nitrogens with one attached hydrogen (secondary N) is 3. The molecular formula is C24H31F4N5O3S. The molecule has 204 valence electrons. The van der Waals surface area contributed by atoms with Gasteiger partial charge in [0, 0.05) is 30.6 Å². The number of amides is 3. The van der Waals surface area contributed by atoms with Crippen molar-refractivity contribution < 1.29 is 31.9 Å². The molecule has 3 unspecified atom stereocenters. The molecule has 3 amide bonds. The number of carbonyl (C=O) groups excluding carboxylic acids is 3. The van der Waals surface area contributed by atoms with Gasteiger partial charge in [0.05, 0.1) is 22.4 Å². The number of nitriles is 1. The summed E-state index contributed by atoms with van der Waals surface area (Å²) in [5.74, 6) is -3.48. The highest BCUT2D eigenvalue weighted by Crippen LogP contribution is 2.37. The Morgan fingerprint density at radius 2 is 1.92 bits per heavy atom. The van der Waals surface area contributed by atoms with E-state index in [1.54, 1.807) is 39.1 Å². The van der Waals surface area contributed by atoms with Crippen molar-refractivity contribution in [2.24, 2.45) is 11.3 Å². The van der Waals surface area contributed by atoms with Crippen LogP contribution in [0.15, 0.2) is 18.2 Å². The van der Waals surface area contributed by atoms with Crippen LogP contribution in [0.1, 0.15) is 40.5 Å². The van der Waals surface area contributed by atoms with Crippen LogP contribution in [0.4, 0.5) is 28.9 Å². The number of benzene rings is 1. The van der Waals surface area contributed by atoms with Crippen molar-refractivity contribution in [3.05, 3.63) is 24.0 Å². The number of thioether (sulfide) groups is 1. The third-order valence-corrected chi connectivity index (χ3v) is 7.10. The van der Waals surface area contributed by atoms with E-state index in [9.17, 15) is 37.2 Å². The number of nitrogens with zero attached hydrogens (tertiary/aromatic N) is 2. The van der Waals surface area contributed by atoms with Gasteiger partial charge in [0.25, 0.3) is 0 Å². The van der Waals surface area contributed by atoms with Gasteiger partial charge in [-0.25, -0.2) is 4.39 Å². The second-order valence-corrected chi connectivity index (χ2v) is 11.0. The number of carbonyl (C=O) groups is 3. The number of hydrogen-bond donors (Lipinski definition) is 3. The Hall–Kier alpha value is -3.01. The molecule has 3 N–H and O–H groups in total. The van der Waals surface area contributed by atoms with Gasteiger partial charge in [-0.15, -0.1) is 11.8 Å². The fraction of sp³-hybridized carbons (Fsp3) is 0.583. The largest absolute Gasteiger partial charge is 0.405 e. The van der Waals surface area contributed by atoms with Gasteiger partial charge >= 0.3 is 6.18 Å². The van der Waals surface area contributed by atoms with Crippen molar-refractivity contribution >= 4 is 40.9 Å². The molecule has 0 aliphatic carbocycles. The summed E-state index contributed by atoms with van der Waals surface area (Å²) in [6.45, 7) is 5.98. The summed E-state index contributed by atoms with van der Waals surface area (Å²) in [5.41, 5.74) is -0.142. The first-order valence-corrected chi connectivity index (χ1v) is 12.7. The Morgan fingerprint density at radius 1 is 1.24 bits per heavy atom. The van der Waals surface area contributed by atoms with Gasteiger partial charge < -0.3 is 20.9 Å². The molecule has 0 aromatic heterocycles. The molecule has 0 spiro atoms. The number of alkyl halides is 3. The number of hydrogen-bond acceptors (Lipinski definition) is 6. The fourth-order valence-corrected chi connectivity index (χ4v) is 5.09. The fourth-order valence-electron chi connectivity index (χ4n) is 3.50. The third-order valence-electron chi connectivity index (χ3n) is 5.57. The van der Waals surface area contributed by atoms with Crippen LogP contribution >= 0.6 is 11.8 Å². The van der Waals surface area contributed by atoms with Gasteiger partial charge in [-0.05, 0) is 31.5 Å². The number of anilines is 2. The van der Waals surface area contributed by atoms with Gasteiger partial charge in [0.2, 0.25) is 17.7 Å². The molecule has 8 nitrogen and oxygen atoms in total. The molecule has 1 heterocycles. The summed E-state index contributed by atoms with van der Waals surface area (Å²) in [4.78, 5) is 38.6. The van der Waals surface area contributed by atoms with Gasteiger partial charge in [-0.3, -0.25) is 14.4 Å². The molecule has 1 aromatic rings. The van der Waals surface area contributed by atoms with E-state index in [-0.39, 0.29) is 23.9 Å². The third kappa shape index (κ3) is 8.80. The Bertz CT molecular complexity index is 1040. The van der Waals surface area contributed by atoms with E-state index in [0.717, 1.165) is 0 Å². The Morgan fingerprint density at radius 3 is 2.49 bits per heavy atom. The van der Waals surface area contributed by atoms with E-state index < -0.39 is 46.4 Å². The molecule has 2 rings (SSSR count). The smallest absolute Gasteiger partial charge is 0.385 e. The highest BCUT2D eigenvalue weighted by molar-refractivity contribution is 8.01. The number of halogens is 4. The van der Waals surface area contributed by atoms with Crippen molar-refractivity contribution in [1.29, 1.82) is 5.26 Å². The normalized spacial score (nSPS) is 18.8. The van der Waals surface area contributed by atoms with E-state index in [0.29, 0.717) is 25.2 Å². The molecule has 1 aliphatic rings. The summed E-state index contributed by atoms with van der Waals surface area (Å²) >= 11 is 1.25. The highest BCUT2D eigenvalue weighted by atomic mass is 32.2. The molecular weight excluding hydrogens is 514 g/mol. The first kappa shape index (κ1) is 30.2.